The molecule has 0 bridgehead atoms. The molecule has 0 spiro atoms. The van der Waals surface area contributed by atoms with E-state index in [-0.39, 0.29) is 12.6 Å². The molecule has 1 aliphatic heterocycles. The zero-order valence-corrected chi connectivity index (χ0v) is 16.0. The van der Waals surface area contributed by atoms with Gasteiger partial charge in [0.15, 0.2) is 0 Å². The number of hydrogen-bond acceptors (Lipinski definition) is 4. The van der Waals surface area contributed by atoms with Crippen LogP contribution in [0.3, 0.4) is 0 Å². The van der Waals surface area contributed by atoms with Gasteiger partial charge in [-0.1, -0.05) is 55.8 Å². The van der Waals surface area contributed by atoms with Gasteiger partial charge in [-0.05, 0) is 29.7 Å². The predicted octanol–water partition coefficient (Wildman–Crippen LogP) is 2.61. The van der Waals surface area contributed by atoms with Crippen molar-refractivity contribution >= 4 is 34.5 Å². The molecule has 28 heavy (non-hydrogen) atoms. The number of urea groups is 1. The Morgan fingerprint density at radius 2 is 1.68 bits per heavy atom. The third kappa shape index (κ3) is 3.74. The molecule has 5 amide bonds. The normalized spacial score (nSPS) is 15.4. The average Bonchev–Trinajstić information content (AvgIpc) is 2.89. The summed E-state index contributed by atoms with van der Waals surface area (Å²) in [5.74, 6) is -2.31. The SMILES string of the molecule is CCCCN1C(=O)C(=O)N(CC(=O)N[C@H](C)c2cccc3ccccc23)C1=O. The molecule has 1 aliphatic rings. The zero-order chi connectivity index (χ0) is 20.3. The first-order valence-corrected chi connectivity index (χ1v) is 9.38. The topological polar surface area (TPSA) is 86.8 Å². The van der Waals surface area contributed by atoms with Gasteiger partial charge >= 0.3 is 17.8 Å². The van der Waals surface area contributed by atoms with Gasteiger partial charge in [-0.15, -0.1) is 0 Å². The Labute approximate surface area is 163 Å². The minimum Gasteiger partial charge on any atom is -0.348 e. The molecular formula is C21H23N3O4. The summed E-state index contributed by atoms with van der Waals surface area (Å²) in [6, 6.07) is 12.6. The van der Waals surface area contributed by atoms with Crippen molar-refractivity contribution in [1.82, 2.24) is 15.1 Å². The van der Waals surface area contributed by atoms with Crippen LogP contribution >= 0.6 is 0 Å². The first-order chi connectivity index (χ1) is 13.4. The van der Waals surface area contributed by atoms with Crippen LogP contribution in [0, 0.1) is 0 Å². The summed E-state index contributed by atoms with van der Waals surface area (Å²) in [6.07, 6.45) is 1.40. The maximum Gasteiger partial charge on any atom is 0.334 e. The van der Waals surface area contributed by atoms with Gasteiger partial charge in [0.25, 0.3) is 0 Å². The number of unbranched alkanes of at least 4 members (excludes halogenated alkanes) is 1. The van der Waals surface area contributed by atoms with Crippen molar-refractivity contribution in [3.63, 3.8) is 0 Å². The van der Waals surface area contributed by atoms with Gasteiger partial charge in [0.1, 0.15) is 6.54 Å². The van der Waals surface area contributed by atoms with E-state index in [9.17, 15) is 19.2 Å². The fourth-order valence-electron chi connectivity index (χ4n) is 3.34. The van der Waals surface area contributed by atoms with E-state index in [4.69, 9.17) is 0 Å². The Morgan fingerprint density at radius 3 is 2.43 bits per heavy atom. The lowest BCUT2D eigenvalue weighted by molar-refractivity contribution is -0.144. The van der Waals surface area contributed by atoms with Crippen LogP contribution in [0.1, 0.15) is 38.3 Å². The fraction of sp³-hybridized carbons (Fsp3) is 0.333. The number of carbonyl (C=O) groups excluding carboxylic acids is 4. The number of fused-ring (bicyclic) bond motifs is 1. The van der Waals surface area contributed by atoms with Crippen LogP contribution in [0.4, 0.5) is 4.79 Å². The minimum atomic E-state index is -0.950. The van der Waals surface area contributed by atoms with Gasteiger partial charge in [-0.2, -0.15) is 0 Å². The summed E-state index contributed by atoms with van der Waals surface area (Å²) in [7, 11) is 0. The smallest absolute Gasteiger partial charge is 0.334 e. The molecule has 2 aromatic rings. The summed E-state index contributed by atoms with van der Waals surface area (Å²) in [4.78, 5) is 50.5. The standard InChI is InChI=1S/C21H23N3O4/c1-3-4-12-23-19(26)20(27)24(21(23)28)13-18(25)22-14(2)16-11-7-9-15-8-5-6-10-17(15)16/h5-11,14H,3-4,12-13H2,1-2H3,(H,22,25)/t14-/m1/s1. The molecule has 0 aliphatic carbocycles. The van der Waals surface area contributed by atoms with E-state index >= 15 is 0 Å². The predicted molar refractivity (Wildman–Crippen MR) is 104 cm³/mol. The van der Waals surface area contributed by atoms with Crippen molar-refractivity contribution in [2.75, 3.05) is 13.1 Å². The summed E-state index contributed by atoms with van der Waals surface area (Å²) >= 11 is 0. The highest BCUT2D eigenvalue weighted by atomic mass is 16.2. The Kier molecular flexibility index (Phi) is 5.73. The molecule has 0 saturated carbocycles. The van der Waals surface area contributed by atoms with Crippen LogP contribution < -0.4 is 5.32 Å². The number of imide groups is 2. The number of benzene rings is 2. The largest absolute Gasteiger partial charge is 0.348 e. The second-order valence-corrected chi connectivity index (χ2v) is 6.84. The lowest BCUT2D eigenvalue weighted by atomic mass is 10.00. The Balaban J connectivity index is 1.69. The van der Waals surface area contributed by atoms with E-state index < -0.39 is 30.3 Å². The van der Waals surface area contributed by atoms with Gasteiger partial charge < -0.3 is 5.32 Å². The van der Waals surface area contributed by atoms with E-state index in [1.807, 2.05) is 56.3 Å². The van der Waals surface area contributed by atoms with Gasteiger partial charge in [0.05, 0.1) is 6.04 Å². The molecule has 3 rings (SSSR count). The number of carbonyl (C=O) groups is 4. The first kappa shape index (κ1) is 19.5. The van der Waals surface area contributed by atoms with Crippen molar-refractivity contribution in [3.8, 4) is 0 Å². The van der Waals surface area contributed by atoms with Gasteiger partial charge in [-0.3, -0.25) is 19.3 Å². The van der Waals surface area contributed by atoms with Crippen LogP contribution in [0.2, 0.25) is 0 Å². The summed E-state index contributed by atoms with van der Waals surface area (Å²) in [5.41, 5.74) is 0.936. The average molecular weight is 381 g/mol. The summed E-state index contributed by atoms with van der Waals surface area (Å²) < 4.78 is 0. The van der Waals surface area contributed by atoms with Crippen LogP contribution in [-0.4, -0.2) is 46.6 Å². The molecule has 1 fully saturated rings. The Morgan fingerprint density at radius 1 is 1.00 bits per heavy atom. The second kappa shape index (κ2) is 8.21. The summed E-state index contributed by atoms with van der Waals surface area (Å²) in [6.45, 7) is 3.48. The Bertz CT molecular complexity index is 935. The number of rotatable bonds is 7. The molecule has 1 atom stereocenters. The molecule has 7 nitrogen and oxygen atoms in total. The van der Waals surface area contributed by atoms with Crippen LogP contribution in [-0.2, 0) is 14.4 Å². The molecule has 0 radical (unpaired) electrons. The van der Waals surface area contributed by atoms with Crippen molar-refractivity contribution in [2.45, 2.75) is 32.7 Å². The molecule has 1 N–H and O–H groups in total. The zero-order valence-electron chi connectivity index (χ0n) is 16.0. The lowest BCUT2D eigenvalue weighted by Crippen LogP contribution is -2.42. The quantitative estimate of drug-likeness (QED) is 0.590. The van der Waals surface area contributed by atoms with E-state index in [0.29, 0.717) is 11.3 Å². The number of nitrogens with zero attached hydrogens (tertiary/aromatic N) is 2. The van der Waals surface area contributed by atoms with E-state index in [2.05, 4.69) is 5.32 Å². The summed E-state index contributed by atoms with van der Waals surface area (Å²) in [5, 5.41) is 4.89. The highest BCUT2D eigenvalue weighted by Crippen LogP contribution is 2.24. The first-order valence-electron chi connectivity index (χ1n) is 9.38. The molecule has 146 valence electrons. The molecular weight excluding hydrogens is 358 g/mol. The third-order valence-corrected chi connectivity index (χ3v) is 4.84. The number of hydrogen-bond donors (Lipinski definition) is 1. The fourth-order valence-corrected chi connectivity index (χ4v) is 3.34. The van der Waals surface area contributed by atoms with Gasteiger partial charge in [0.2, 0.25) is 5.91 Å². The highest BCUT2D eigenvalue weighted by Gasteiger charge is 2.44. The molecule has 1 saturated heterocycles. The van der Waals surface area contributed by atoms with Crippen LogP contribution in [0.15, 0.2) is 42.5 Å². The molecule has 7 heteroatoms. The van der Waals surface area contributed by atoms with Crippen molar-refractivity contribution in [3.05, 3.63) is 48.0 Å². The maximum absolute atomic E-state index is 12.5. The van der Waals surface area contributed by atoms with Crippen molar-refractivity contribution in [2.24, 2.45) is 0 Å². The Hall–Kier alpha value is -3.22. The van der Waals surface area contributed by atoms with Gasteiger partial charge in [-0.25, -0.2) is 9.69 Å². The van der Waals surface area contributed by atoms with Crippen LogP contribution in [0.5, 0.6) is 0 Å². The highest BCUT2D eigenvalue weighted by molar-refractivity contribution is 6.45. The third-order valence-electron chi connectivity index (χ3n) is 4.84. The molecule has 0 unspecified atom stereocenters. The molecule has 2 aromatic carbocycles. The number of nitrogens with one attached hydrogen (secondary N) is 1. The van der Waals surface area contributed by atoms with Gasteiger partial charge in [0, 0.05) is 6.54 Å². The molecule has 0 aromatic heterocycles. The lowest BCUT2D eigenvalue weighted by Gasteiger charge is -2.19. The molecule has 1 heterocycles. The van der Waals surface area contributed by atoms with Crippen molar-refractivity contribution in [1.29, 1.82) is 0 Å². The minimum absolute atomic E-state index is 0.185. The van der Waals surface area contributed by atoms with E-state index in [1.54, 1.807) is 0 Å². The van der Waals surface area contributed by atoms with E-state index in [0.717, 1.165) is 27.7 Å². The van der Waals surface area contributed by atoms with Crippen LogP contribution in [0.25, 0.3) is 10.8 Å². The number of amides is 5. The second-order valence-electron chi connectivity index (χ2n) is 6.84. The monoisotopic (exact) mass is 381 g/mol. The maximum atomic E-state index is 12.5. The van der Waals surface area contributed by atoms with Crippen molar-refractivity contribution < 1.29 is 19.2 Å². The van der Waals surface area contributed by atoms with E-state index in [1.165, 1.54) is 0 Å².